The molecule has 122 valence electrons. The molecule has 9 nitrogen and oxygen atoms in total. The highest BCUT2D eigenvalue weighted by atomic mass is 16.4. The van der Waals surface area contributed by atoms with Crippen LogP contribution in [0.5, 0.6) is 0 Å². The van der Waals surface area contributed by atoms with Gasteiger partial charge in [0.05, 0.1) is 18.1 Å². The average Bonchev–Trinajstić information content (AvgIpc) is 2.97. The zero-order chi connectivity index (χ0) is 16.5. The number of aliphatic carboxylic acids is 1. The number of imidazole rings is 1. The molecule has 1 aromatic heterocycles. The fraction of sp³-hybridized carbons (Fsp3) is 0.538. The first-order valence-corrected chi connectivity index (χ1v) is 6.97. The van der Waals surface area contributed by atoms with Gasteiger partial charge in [-0.25, -0.2) is 9.78 Å². The Bertz CT molecular complexity index is 503. The summed E-state index contributed by atoms with van der Waals surface area (Å²) in [6.07, 6.45) is 3.28. The molecule has 0 unspecified atom stereocenters. The number of hydrogen-bond acceptors (Lipinski definition) is 5. The number of nitrogens with one attached hydrogen (secondary N) is 3. The van der Waals surface area contributed by atoms with Crippen molar-refractivity contribution in [2.24, 2.45) is 5.73 Å². The highest BCUT2D eigenvalue weighted by Crippen LogP contribution is 2.01. The molecular weight excluding hydrogens is 290 g/mol. The zero-order valence-electron chi connectivity index (χ0n) is 12.3. The molecule has 0 fully saturated rings. The van der Waals surface area contributed by atoms with Crippen molar-refractivity contribution < 1.29 is 19.5 Å². The van der Waals surface area contributed by atoms with E-state index in [1.165, 1.54) is 6.33 Å². The van der Waals surface area contributed by atoms with Crippen LogP contribution in [0.1, 0.15) is 25.5 Å². The van der Waals surface area contributed by atoms with Gasteiger partial charge in [-0.1, -0.05) is 0 Å². The van der Waals surface area contributed by atoms with Gasteiger partial charge in [0.15, 0.2) is 0 Å². The highest BCUT2D eigenvalue weighted by molar-refractivity contribution is 5.87. The molecule has 1 rings (SSSR count). The predicted molar refractivity (Wildman–Crippen MR) is 77.8 cm³/mol. The zero-order valence-corrected chi connectivity index (χ0v) is 12.3. The first-order valence-electron chi connectivity index (χ1n) is 6.97. The summed E-state index contributed by atoms with van der Waals surface area (Å²) in [4.78, 5) is 41.0. The van der Waals surface area contributed by atoms with Crippen LogP contribution in [0.25, 0.3) is 0 Å². The van der Waals surface area contributed by atoms with Gasteiger partial charge in [-0.2, -0.15) is 0 Å². The molecule has 9 heteroatoms. The van der Waals surface area contributed by atoms with E-state index in [-0.39, 0.29) is 25.2 Å². The number of aromatic amines is 1. The maximum absolute atomic E-state index is 11.9. The summed E-state index contributed by atoms with van der Waals surface area (Å²) in [6, 6.07) is -2.06. The molecule has 0 aliphatic rings. The minimum Gasteiger partial charge on any atom is -0.480 e. The Morgan fingerprint density at radius 2 is 2.18 bits per heavy atom. The standard InChI is InChI=1S/C13H21N5O4/c1-2-16-11(19)4-3-9(14)12(20)18-10(13(21)22)5-8-6-15-7-17-8/h6-7,9-10H,2-5,14H2,1H3,(H,15,17)(H,16,19)(H,18,20)(H,21,22)/t9-,10-/m0/s1. The van der Waals surface area contributed by atoms with Crippen molar-refractivity contribution in [1.82, 2.24) is 20.6 Å². The van der Waals surface area contributed by atoms with Gasteiger partial charge in [-0.05, 0) is 13.3 Å². The third kappa shape index (κ3) is 5.92. The maximum Gasteiger partial charge on any atom is 0.326 e. The van der Waals surface area contributed by atoms with Gasteiger partial charge in [-0.15, -0.1) is 0 Å². The third-order valence-corrected chi connectivity index (χ3v) is 2.98. The number of carboxylic acid groups (broad SMARTS) is 1. The second-order valence-corrected chi connectivity index (χ2v) is 4.76. The Labute approximate surface area is 127 Å². The van der Waals surface area contributed by atoms with E-state index in [2.05, 4.69) is 20.6 Å². The summed E-state index contributed by atoms with van der Waals surface area (Å²) >= 11 is 0. The maximum atomic E-state index is 11.9. The van der Waals surface area contributed by atoms with Crippen molar-refractivity contribution in [3.05, 3.63) is 18.2 Å². The molecule has 6 N–H and O–H groups in total. The molecule has 22 heavy (non-hydrogen) atoms. The number of carbonyl (C=O) groups excluding carboxylic acids is 2. The van der Waals surface area contributed by atoms with Crippen LogP contribution in [0.3, 0.4) is 0 Å². The number of carboxylic acids is 1. The number of hydrogen-bond donors (Lipinski definition) is 5. The molecule has 0 aromatic carbocycles. The summed E-state index contributed by atoms with van der Waals surface area (Å²) in [5.74, 6) is -1.98. The molecule has 0 radical (unpaired) electrons. The lowest BCUT2D eigenvalue weighted by Gasteiger charge is -2.17. The number of amides is 2. The molecule has 2 atom stereocenters. The normalized spacial score (nSPS) is 13.2. The van der Waals surface area contributed by atoms with Gasteiger partial charge in [0, 0.05) is 25.6 Å². The van der Waals surface area contributed by atoms with Crippen molar-refractivity contribution in [2.75, 3.05) is 6.54 Å². The van der Waals surface area contributed by atoms with E-state index in [9.17, 15) is 14.4 Å². The van der Waals surface area contributed by atoms with Gasteiger partial charge in [0.2, 0.25) is 11.8 Å². The van der Waals surface area contributed by atoms with Gasteiger partial charge >= 0.3 is 5.97 Å². The molecular formula is C13H21N5O4. The Hall–Kier alpha value is -2.42. The van der Waals surface area contributed by atoms with Crippen molar-refractivity contribution in [1.29, 1.82) is 0 Å². The molecule has 0 saturated heterocycles. The Morgan fingerprint density at radius 3 is 2.73 bits per heavy atom. The number of rotatable bonds is 9. The van der Waals surface area contributed by atoms with Crippen molar-refractivity contribution in [2.45, 2.75) is 38.3 Å². The van der Waals surface area contributed by atoms with E-state index in [0.717, 1.165) is 0 Å². The number of H-pyrrole nitrogens is 1. The smallest absolute Gasteiger partial charge is 0.326 e. The van der Waals surface area contributed by atoms with Crippen LogP contribution in [0.4, 0.5) is 0 Å². The summed E-state index contributed by atoms with van der Waals surface area (Å²) in [5, 5.41) is 14.1. The lowest BCUT2D eigenvalue weighted by atomic mass is 10.1. The minimum atomic E-state index is -1.17. The van der Waals surface area contributed by atoms with Gasteiger partial charge in [0.25, 0.3) is 0 Å². The lowest BCUT2D eigenvalue weighted by Crippen LogP contribution is -2.49. The lowest BCUT2D eigenvalue weighted by molar-refractivity contribution is -0.142. The Kier molecular flexibility index (Phi) is 7.03. The molecule has 1 aromatic rings. The van der Waals surface area contributed by atoms with Crippen LogP contribution in [0.2, 0.25) is 0 Å². The quantitative estimate of drug-likeness (QED) is 0.385. The summed E-state index contributed by atoms with van der Waals surface area (Å²) in [7, 11) is 0. The largest absolute Gasteiger partial charge is 0.480 e. The summed E-state index contributed by atoms with van der Waals surface area (Å²) in [6.45, 7) is 2.29. The van der Waals surface area contributed by atoms with Crippen LogP contribution in [-0.2, 0) is 20.8 Å². The van der Waals surface area contributed by atoms with Crippen LogP contribution >= 0.6 is 0 Å². The molecule has 0 spiro atoms. The van der Waals surface area contributed by atoms with E-state index in [1.54, 1.807) is 13.1 Å². The van der Waals surface area contributed by atoms with Crippen LogP contribution < -0.4 is 16.4 Å². The number of nitrogens with zero attached hydrogens (tertiary/aromatic N) is 1. The Balaban J connectivity index is 2.48. The van der Waals surface area contributed by atoms with Crippen molar-refractivity contribution >= 4 is 17.8 Å². The predicted octanol–water partition coefficient (Wildman–Crippen LogP) is -1.23. The van der Waals surface area contributed by atoms with E-state index >= 15 is 0 Å². The average molecular weight is 311 g/mol. The van der Waals surface area contributed by atoms with Gasteiger partial charge < -0.3 is 26.5 Å². The van der Waals surface area contributed by atoms with E-state index in [1.807, 2.05) is 0 Å². The molecule has 0 aliphatic carbocycles. The highest BCUT2D eigenvalue weighted by Gasteiger charge is 2.24. The topological polar surface area (TPSA) is 150 Å². The van der Waals surface area contributed by atoms with Crippen LogP contribution in [0, 0.1) is 0 Å². The Morgan fingerprint density at radius 1 is 1.45 bits per heavy atom. The van der Waals surface area contributed by atoms with Crippen LogP contribution in [0.15, 0.2) is 12.5 Å². The van der Waals surface area contributed by atoms with E-state index in [0.29, 0.717) is 12.2 Å². The summed E-state index contributed by atoms with van der Waals surface area (Å²) < 4.78 is 0. The first-order chi connectivity index (χ1) is 10.4. The fourth-order valence-electron chi connectivity index (χ4n) is 1.79. The number of carbonyl (C=O) groups is 3. The molecule has 0 aliphatic heterocycles. The fourth-order valence-corrected chi connectivity index (χ4v) is 1.79. The molecule has 1 heterocycles. The van der Waals surface area contributed by atoms with E-state index in [4.69, 9.17) is 10.8 Å². The molecule has 0 bridgehead atoms. The van der Waals surface area contributed by atoms with Gasteiger partial charge in [-0.3, -0.25) is 9.59 Å². The monoisotopic (exact) mass is 311 g/mol. The second kappa shape index (κ2) is 8.78. The second-order valence-electron chi connectivity index (χ2n) is 4.76. The minimum absolute atomic E-state index is 0.0492. The van der Waals surface area contributed by atoms with E-state index < -0.39 is 24.0 Å². The van der Waals surface area contributed by atoms with Gasteiger partial charge in [0.1, 0.15) is 6.04 Å². The SMILES string of the molecule is CCNC(=O)CC[C@H](N)C(=O)N[C@@H](Cc1c[nH]cn1)C(=O)O. The van der Waals surface area contributed by atoms with Crippen molar-refractivity contribution in [3.63, 3.8) is 0 Å². The molecule has 0 saturated carbocycles. The van der Waals surface area contributed by atoms with Crippen molar-refractivity contribution in [3.8, 4) is 0 Å². The number of nitrogens with two attached hydrogens (primary N) is 1. The van der Waals surface area contributed by atoms with Crippen LogP contribution in [-0.4, -0.2) is 51.5 Å². The number of aromatic nitrogens is 2. The summed E-state index contributed by atoms with van der Waals surface area (Å²) in [5.41, 5.74) is 6.19. The molecule has 2 amide bonds. The first kappa shape index (κ1) is 17.6. The third-order valence-electron chi connectivity index (χ3n) is 2.98.